The van der Waals surface area contributed by atoms with Crippen molar-refractivity contribution in [1.29, 1.82) is 0 Å². The molecule has 1 saturated heterocycles. The maximum atomic E-state index is 5.44. The fraction of sp³-hybridized carbons (Fsp3) is 1.00. The van der Waals surface area contributed by atoms with Gasteiger partial charge in [0.05, 0.1) is 19.8 Å². The van der Waals surface area contributed by atoms with Crippen LogP contribution in [0.2, 0.25) is 0 Å². The summed E-state index contributed by atoms with van der Waals surface area (Å²) in [4.78, 5) is 0. The molecule has 3 atom stereocenters. The largest absolute Gasteiger partial charge is 0.380 e. The van der Waals surface area contributed by atoms with Crippen LogP contribution >= 0.6 is 0 Å². The van der Waals surface area contributed by atoms with Gasteiger partial charge in [-0.05, 0) is 27.2 Å². The van der Waals surface area contributed by atoms with Gasteiger partial charge < -0.3 is 20.1 Å². The third-order valence-corrected chi connectivity index (χ3v) is 2.78. The van der Waals surface area contributed by atoms with Crippen molar-refractivity contribution >= 4 is 0 Å². The van der Waals surface area contributed by atoms with Crippen LogP contribution in [0.25, 0.3) is 0 Å². The zero-order chi connectivity index (χ0) is 11.8. The molecule has 4 nitrogen and oxygen atoms in total. The molecule has 2 N–H and O–H groups in total. The topological polar surface area (TPSA) is 42.5 Å². The van der Waals surface area contributed by atoms with E-state index in [9.17, 15) is 0 Å². The second kappa shape index (κ2) is 8.01. The Morgan fingerprint density at radius 1 is 1.44 bits per heavy atom. The molecule has 1 fully saturated rings. The van der Waals surface area contributed by atoms with Gasteiger partial charge in [0.1, 0.15) is 0 Å². The van der Waals surface area contributed by atoms with Gasteiger partial charge in [0.25, 0.3) is 0 Å². The van der Waals surface area contributed by atoms with E-state index in [2.05, 4.69) is 24.5 Å². The zero-order valence-corrected chi connectivity index (χ0v) is 10.8. The number of hydrogen-bond donors (Lipinski definition) is 2. The molecule has 1 aliphatic heterocycles. The predicted molar refractivity (Wildman–Crippen MR) is 65.8 cm³/mol. The number of morpholine rings is 1. The normalized spacial score (nSPS) is 25.3. The third-order valence-electron chi connectivity index (χ3n) is 2.78. The molecule has 0 bridgehead atoms. The Labute approximate surface area is 99.1 Å². The predicted octanol–water partition coefficient (Wildman–Crippen LogP) is 0.768. The van der Waals surface area contributed by atoms with Crippen LogP contribution in [-0.2, 0) is 9.47 Å². The van der Waals surface area contributed by atoms with Crippen LogP contribution in [0, 0.1) is 0 Å². The Morgan fingerprint density at radius 2 is 2.25 bits per heavy atom. The lowest BCUT2D eigenvalue weighted by Gasteiger charge is -2.28. The van der Waals surface area contributed by atoms with Gasteiger partial charge in [-0.2, -0.15) is 0 Å². The number of ether oxygens (including phenoxy) is 2. The SMILES string of the molecule is CCOCC(C)NC(C)CC1COCCN1. The molecule has 0 radical (unpaired) electrons. The minimum Gasteiger partial charge on any atom is -0.380 e. The van der Waals surface area contributed by atoms with E-state index in [1.165, 1.54) is 0 Å². The molecule has 16 heavy (non-hydrogen) atoms. The van der Waals surface area contributed by atoms with Gasteiger partial charge in [0, 0.05) is 31.3 Å². The first-order valence-corrected chi connectivity index (χ1v) is 6.37. The number of nitrogens with one attached hydrogen (secondary N) is 2. The minimum atomic E-state index is 0.416. The van der Waals surface area contributed by atoms with Gasteiger partial charge in [-0.1, -0.05) is 0 Å². The van der Waals surface area contributed by atoms with Crippen LogP contribution in [0.1, 0.15) is 27.2 Å². The maximum Gasteiger partial charge on any atom is 0.0620 e. The minimum absolute atomic E-state index is 0.416. The second-order valence-corrected chi connectivity index (χ2v) is 4.59. The monoisotopic (exact) mass is 230 g/mol. The van der Waals surface area contributed by atoms with E-state index in [-0.39, 0.29) is 0 Å². The zero-order valence-electron chi connectivity index (χ0n) is 10.8. The van der Waals surface area contributed by atoms with E-state index in [1.54, 1.807) is 0 Å². The van der Waals surface area contributed by atoms with Crippen LogP contribution in [0.5, 0.6) is 0 Å². The maximum absolute atomic E-state index is 5.44. The lowest BCUT2D eigenvalue weighted by Crippen LogP contribution is -2.47. The Bertz CT molecular complexity index is 172. The molecule has 96 valence electrons. The van der Waals surface area contributed by atoms with Crippen molar-refractivity contribution in [3.05, 3.63) is 0 Å². The van der Waals surface area contributed by atoms with Crippen LogP contribution in [-0.4, -0.2) is 51.1 Å². The van der Waals surface area contributed by atoms with Gasteiger partial charge >= 0.3 is 0 Å². The first-order valence-electron chi connectivity index (χ1n) is 6.37. The Hall–Kier alpha value is -0.160. The first-order chi connectivity index (χ1) is 7.72. The lowest BCUT2D eigenvalue weighted by atomic mass is 10.1. The summed E-state index contributed by atoms with van der Waals surface area (Å²) in [5.41, 5.74) is 0. The molecule has 3 unspecified atom stereocenters. The molecule has 0 aromatic carbocycles. The van der Waals surface area contributed by atoms with Crippen molar-refractivity contribution in [2.24, 2.45) is 0 Å². The summed E-state index contributed by atoms with van der Waals surface area (Å²) in [6.45, 7) is 10.7. The van der Waals surface area contributed by atoms with Gasteiger partial charge in [-0.3, -0.25) is 0 Å². The highest BCUT2D eigenvalue weighted by atomic mass is 16.5. The lowest BCUT2D eigenvalue weighted by molar-refractivity contribution is 0.0692. The summed E-state index contributed by atoms with van der Waals surface area (Å²) in [7, 11) is 0. The Balaban J connectivity index is 2.11. The number of hydrogen-bond acceptors (Lipinski definition) is 4. The molecule has 1 rings (SSSR count). The summed E-state index contributed by atoms with van der Waals surface area (Å²) < 4.78 is 10.8. The quantitative estimate of drug-likeness (QED) is 0.678. The molecule has 0 aliphatic carbocycles. The molecule has 0 aromatic rings. The van der Waals surface area contributed by atoms with Crippen molar-refractivity contribution in [2.75, 3.05) is 33.0 Å². The molecular formula is C12H26N2O2. The van der Waals surface area contributed by atoms with Crippen molar-refractivity contribution in [2.45, 2.75) is 45.3 Å². The second-order valence-electron chi connectivity index (χ2n) is 4.59. The van der Waals surface area contributed by atoms with Gasteiger partial charge in [0.15, 0.2) is 0 Å². The van der Waals surface area contributed by atoms with Crippen LogP contribution in [0.4, 0.5) is 0 Å². The molecule has 1 aliphatic rings. The highest BCUT2D eigenvalue weighted by Gasteiger charge is 2.17. The van der Waals surface area contributed by atoms with Gasteiger partial charge in [-0.25, -0.2) is 0 Å². The molecule has 0 amide bonds. The first kappa shape index (κ1) is 13.9. The molecular weight excluding hydrogens is 204 g/mol. The molecule has 0 spiro atoms. The van der Waals surface area contributed by atoms with E-state index in [0.717, 1.165) is 39.4 Å². The van der Waals surface area contributed by atoms with Crippen LogP contribution in [0.15, 0.2) is 0 Å². The van der Waals surface area contributed by atoms with Crippen molar-refractivity contribution < 1.29 is 9.47 Å². The summed E-state index contributed by atoms with van der Waals surface area (Å²) in [6.07, 6.45) is 1.11. The molecule has 4 heteroatoms. The van der Waals surface area contributed by atoms with E-state index < -0.39 is 0 Å². The van der Waals surface area contributed by atoms with Crippen molar-refractivity contribution in [3.8, 4) is 0 Å². The standard InChI is InChI=1S/C12H26N2O2/c1-4-15-8-11(3)14-10(2)7-12-9-16-6-5-13-12/h10-14H,4-9H2,1-3H3. The Kier molecular flexibility index (Phi) is 6.96. The van der Waals surface area contributed by atoms with E-state index in [4.69, 9.17) is 9.47 Å². The number of rotatable bonds is 7. The van der Waals surface area contributed by atoms with Crippen LogP contribution in [0.3, 0.4) is 0 Å². The van der Waals surface area contributed by atoms with Crippen molar-refractivity contribution in [3.63, 3.8) is 0 Å². The van der Waals surface area contributed by atoms with E-state index in [0.29, 0.717) is 18.1 Å². The fourth-order valence-corrected chi connectivity index (χ4v) is 2.09. The summed E-state index contributed by atoms with van der Waals surface area (Å²) >= 11 is 0. The summed E-state index contributed by atoms with van der Waals surface area (Å²) in [5, 5.41) is 7.01. The summed E-state index contributed by atoms with van der Waals surface area (Å²) in [6, 6.07) is 1.41. The van der Waals surface area contributed by atoms with E-state index >= 15 is 0 Å². The smallest absolute Gasteiger partial charge is 0.0620 e. The highest BCUT2D eigenvalue weighted by molar-refractivity contribution is 4.77. The fourth-order valence-electron chi connectivity index (χ4n) is 2.09. The van der Waals surface area contributed by atoms with Gasteiger partial charge in [0.2, 0.25) is 0 Å². The highest BCUT2D eigenvalue weighted by Crippen LogP contribution is 2.03. The van der Waals surface area contributed by atoms with Gasteiger partial charge in [-0.15, -0.1) is 0 Å². The average molecular weight is 230 g/mol. The van der Waals surface area contributed by atoms with Crippen molar-refractivity contribution in [1.82, 2.24) is 10.6 Å². The molecule has 1 heterocycles. The Morgan fingerprint density at radius 3 is 2.88 bits per heavy atom. The average Bonchev–Trinajstić information content (AvgIpc) is 2.27. The van der Waals surface area contributed by atoms with E-state index in [1.807, 2.05) is 6.92 Å². The van der Waals surface area contributed by atoms with Crippen LogP contribution < -0.4 is 10.6 Å². The summed E-state index contributed by atoms with van der Waals surface area (Å²) in [5.74, 6) is 0. The molecule has 0 saturated carbocycles. The third kappa shape index (κ3) is 5.80. The molecule has 0 aromatic heterocycles.